The number of benzene rings is 1. The molecule has 0 aromatic heterocycles. The van der Waals surface area contributed by atoms with Gasteiger partial charge in [-0.1, -0.05) is 31.2 Å². The van der Waals surface area contributed by atoms with E-state index in [9.17, 15) is 19.8 Å². The molecular weight excluding hydrogens is 452 g/mol. The number of hydrogen-bond acceptors (Lipinski definition) is 7. The fourth-order valence-corrected chi connectivity index (χ4v) is 6.39. The standard InChI is InChI=1S/C22H26N4O4S.ClH/c1-11-18-17(12(2)27)21(28)26(18)19(22(29)30)20(11)31-15-7-16(25-9-15)14-5-3-13(4-6-14)8-24-10-23;/h3-6,11-12,15-18,24-25,27H,7-9H2,1-2H3,(H,29,30);1H/t11-,12-,15+,16-,17-,18-;/m1./s1. The van der Waals surface area contributed by atoms with Crippen molar-refractivity contribution in [3.63, 3.8) is 0 Å². The predicted octanol–water partition coefficient (Wildman–Crippen LogP) is 1.97. The molecule has 172 valence electrons. The van der Waals surface area contributed by atoms with Crippen LogP contribution >= 0.6 is 24.2 Å². The lowest BCUT2D eigenvalue weighted by Gasteiger charge is -2.46. The van der Waals surface area contributed by atoms with Crippen molar-refractivity contribution in [3.8, 4) is 6.19 Å². The Bertz CT molecular complexity index is 962. The lowest BCUT2D eigenvalue weighted by Crippen LogP contribution is -2.63. The number of carbonyl (C=O) groups is 2. The highest BCUT2D eigenvalue weighted by molar-refractivity contribution is 8.03. The third-order valence-corrected chi connectivity index (χ3v) is 7.96. The van der Waals surface area contributed by atoms with Gasteiger partial charge in [-0.05, 0) is 24.5 Å². The number of fused-ring (bicyclic) bond motifs is 1. The number of thioether (sulfide) groups is 1. The van der Waals surface area contributed by atoms with Crippen molar-refractivity contribution in [2.75, 3.05) is 6.54 Å². The summed E-state index contributed by atoms with van der Waals surface area (Å²) < 4.78 is 0. The van der Waals surface area contributed by atoms with Crippen LogP contribution in [-0.2, 0) is 16.1 Å². The van der Waals surface area contributed by atoms with Crippen molar-refractivity contribution in [3.05, 3.63) is 46.0 Å². The molecule has 2 fully saturated rings. The number of β-lactam (4-membered cyclic amide) rings is 1. The van der Waals surface area contributed by atoms with E-state index in [-0.39, 0.29) is 47.3 Å². The predicted molar refractivity (Wildman–Crippen MR) is 123 cm³/mol. The van der Waals surface area contributed by atoms with Crippen LogP contribution in [0.5, 0.6) is 0 Å². The molecule has 0 aliphatic carbocycles. The number of carboxylic acid groups (broad SMARTS) is 1. The van der Waals surface area contributed by atoms with Crippen LogP contribution in [0.2, 0.25) is 0 Å². The van der Waals surface area contributed by atoms with Gasteiger partial charge < -0.3 is 25.7 Å². The van der Waals surface area contributed by atoms with Crippen molar-refractivity contribution in [2.24, 2.45) is 11.8 Å². The lowest BCUT2D eigenvalue weighted by atomic mass is 9.79. The zero-order valence-corrected chi connectivity index (χ0v) is 19.4. The van der Waals surface area contributed by atoms with E-state index in [0.29, 0.717) is 6.54 Å². The first-order valence-electron chi connectivity index (χ1n) is 10.4. The highest BCUT2D eigenvalue weighted by Gasteiger charge is 2.60. The second-order valence-electron chi connectivity index (χ2n) is 8.42. The van der Waals surface area contributed by atoms with Gasteiger partial charge in [-0.2, -0.15) is 5.26 Å². The molecule has 1 aromatic rings. The molecule has 0 radical (unpaired) electrons. The molecule has 1 aromatic carbocycles. The average molecular weight is 479 g/mol. The number of nitrogens with one attached hydrogen (secondary N) is 2. The Kier molecular flexibility index (Phi) is 7.40. The molecular formula is C22H27ClN4O4S. The van der Waals surface area contributed by atoms with Gasteiger partial charge in [0.15, 0.2) is 6.19 Å². The fraction of sp³-hybridized carbons (Fsp3) is 0.500. The molecule has 4 rings (SSSR count). The summed E-state index contributed by atoms with van der Waals surface area (Å²) in [5.41, 5.74) is 2.28. The molecule has 32 heavy (non-hydrogen) atoms. The van der Waals surface area contributed by atoms with E-state index >= 15 is 0 Å². The number of carboxylic acids is 1. The summed E-state index contributed by atoms with van der Waals surface area (Å²) in [4.78, 5) is 26.6. The first-order valence-corrected chi connectivity index (χ1v) is 11.3. The number of amides is 1. The maximum absolute atomic E-state index is 12.5. The van der Waals surface area contributed by atoms with Gasteiger partial charge in [0.1, 0.15) is 5.70 Å². The summed E-state index contributed by atoms with van der Waals surface area (Å²) in [5, 5.41) is 34.7. The van der Waals surface area contributed by atoms with Crippen molar-refractivity contribution >= 4 is 36.0 Å². The second kappa shape index (κ2) is 9.71. The van der Waals surface area contributed by atoms with Gasteiger partial charge in [-0.15, -0.1) is 24.2 Å². The Balaban J connectivity index is 0.00000289. The molecule has 4 N–H and O–H groups in total. The third kappa shape index (κ3) is 4.20. The Morgan fingerprint density at radius 1 is 1.41 bits per heavy atom. The smallest absolute Gasteiger partial charge is 0.353 e. The van der Waals surface area contributed by atoms with Crippen molar-refractivity contribution < 1.29 is 19.8 Å². The molecule has 6 atom stereocenters. The summed E-state index contributed by atoms with van der Waals surface area (Å²) >= 11 is 1.55. The number of rotatable bonds is 7. The number of nitrogens with zero attached hydrogens (tertiary/aromatic N) is 2. The summed E-state index contributed by atoms with van der Waals surface area (Å²) in [6, 6.07) is 8.00. The van der Waals surface area contributed by atoms with Crippen LogP contribution in [0.1, 0.15) is 37.4 Å². The molecule has 0 spiro atoms. The number of aliphatic carboxylic acids is 1. The summed E-state index contributed by atoms with van der Waals surface area (Å²) in [6.07, 6.45) is 1.97. The van der Waals surface area contributed by atoms with Crippen molar-refractivity contribution in [1.29, 1.82) is 5.26 Å². The van der Waals surface area contributed by atoms with Crippen LogP contribution < -0.4 is 10.6 Å². The minimum Gasteiger partial charge on any atom is -0.477 e. The molecule has 3 aliphatic heterocycles. The van der Waals surface area contributed by atoms with E-state index in [2.05, 4.69) is 22.8 Å². The molecule has 10 heteroatoms. The fourth-order valence-electron chi connectivity index (χ4n) is 4.91. The largest absolute Gasteiger partial charge is 0.477 e. The zero-order valence-electron chi connectivity index (χ0n) is 17.8. The Morgan fingerprint density at radius 3 is 2.69 bits per heavy atom. The normalized spacial score (nSPS) is 29.6. The monoisotopic (exact) mass is 478 g/mol. The first kappa shape index (κ1) is 24.4. The molecule has 3 aliphatic rings. The molecule has 3 heterocycles. The van der Waals surface area contributed by atoms with Crippen LogP contribution in [0.25, 0.3) is 0 Å². The summed E-state index contributed by atoms with van der Waals surface area (Å²) in [7, 11) is 0. The number of hydrogen-bond donors (Lipinski definition) is 4. The van der Waals surface area contributed by atoms with E-state index in [1.807, 2.05) is 25.2 Å². The summed E-state index contributed by atoms with van der Waals surface area (Å²) in [6.45, 7) is 4.78. The Hall–Kier alpha value is -2.25. The number of halogens is 1. The second-order valence-corrected chi connectivity index (χ2v) is 9.76. The van der Waals surface area contributed by atoms with Gasteiger partial charge in [0.2, 0.25) is 5.91 Å². The van der Waals surface area contributed by atoms with E-state index in [1.165, 1.54) is 4.90 Å². The van der Waals surface area contributed by atoms with Crippen LogP contribution in [0, 0.1) is 23.3 Å². The van der Waals surface area contributed by atoms with Crippen LogP contribution in [0.3, 0.4) is 0 Å². The topological polar surface area (TPSA) is 126 Å². The van der Waals surface area contributed by atoms with Gasteiger partial charge in [-0.25, -0.2) is 4.79 Å². The van der Waals surface area contributed by atoms with Crippen LogP contribution in [-0.4, -0.2) is 50.9 Å². The molecule has 2 saturated heterocycles. The highest BCUT2D eigenvalue weighted by Crippen LogP contribution is 2.52. The van der Waals surface area contributed by atoms with E-state index in [1.54, 1.807) is 18.7 Å². The minimum absolute atomic E-state index is 0. The van der Waals surface area contributed by atoms with E-state index in [0.717, 1.165) is 29.0 Å². The number of aliphatic hydroxyl groups is 1. The van der Waals surface area contributed by atoms with Crippen molar-refractivity contribution in [2.45, 2.75) is 50.3 Å². The SMILES string of the molecule is C[C@@H](O)[C@H]1C(=O)N2C(C(=O)O)=C(S[C@@H]3CN[C@@H](c4ccc(CNC#N)cc4)C3)[C@H](C)[C@H]12.Cl. The Labute approximate surface area is 197 Å². The zero-order chi connectivity index (χ0) is 22.3. The third-order valence-electron chi connectivity index (χ3n) is 6.45. The number of carbonyl (C=O) groups excluding carboxylic acids is 1. The van der Waals surface area contributed by atoms with Crippen LogP contribution in [0.4, 0.5) is 0 Å². The lowest BCUT2D eigenvalue weighted by molar-refractivity contribution is -0.163. The maximum atomic E-state index is 12.5. The molecule has 8 nitrogen and oxygen atoms in total. The first-order chi connectivity index (χ1) is 14.8. The number of nitriles is 1. The quantitative estimate of drug-likeness (QED) is 0.266. The van der Waals surface area contributed by atoms with E-state index < -0.39 is 18.0 Å². The number of aliphatic hydroxyl groups excluding tert-OH is 1. The molecule has 1 amide bonds. The maximum Gasteiger partial charge on any atom is 0.353 e. The molecule has 0 unspecified atom stereocenters. The Morgan fingerprint density at radius 2 is 2.09 bits per heavy atom. The molecule has 0 bridgehead atoms. The van der Waals surface area contributed by atoms with Gasteiger partial charge in [0.25, 0.3) is 0 Å². The van der Waals surface area contributed by atoms with Crippen LogP contribution in [0.15, 0.2) is 34.9 Å². The van der Waals surface area contributed by atoms with Gasteiger partial charge in [-0.3, -0.25) is 4.79 Å². The highest BCUT2D eigenvalue weighted by atomic mass is 35.5. The van der Waals surface area contributed by atoms with Gasteiger partial charge >= 0.3 is 5.97 Å². The van der Waals surface area contributed by atoms with Gasteiger partial charge in [0, 0.05) is 35.2 Å². The molecule has 0 saturated carbocycles. The minimum atomic E-state index is -1.08. The van der Waals surface area contributed by atoms with Gasteiger partial charge in [0.05, 0.1) is 18.1 Å². The average Bonchev–Trinajstić information content (AvgIpc) is 3.29. The van der Waals surface area contributed by atoms with E-state index in [4.69, 9.17) is 5.26 Å². The van der Waals surface area contributed by atoms with Crippen molar-refractivity contribution in [1.82, 2.24) is 15.5 Å². The summed E-state index contributed by atoms with van der Waals surface area (Å²) in [5.74, 6) is -2.03.